The molecule has 1 fully saturated rings. The summed E-state index contributed by atoms with van der Waals surface area (Å²) in [7, 11) is 3.84. The van der Waals surface area contributed by atoms with E-state index in [-0.39, 0.29) is 5.72 Å². The van der Waals surface area contributed by atoms with Crippen LogP contribution >= 0.6 is 0 Å². The van der Waals surface area contributed by atoms with Gasteiger partial charge in [-0.15, -0.1) is 0 Å². The molecule has 1 heterocycles. The molecule has 0 N–H and O–H groups in total. The van der Waals surface area contributed by atoms with Gasteiger partial charge in [0, 0.05) is 20.1 Å². The summed E-state index contributed by atoms with van der Waals surface area (Å²) in [6.45, 7) is 3.28. The van der Waals surface area contributed by atoms with Crippen LogP contribution in [0.3, 0.4) is 0 Å². The van der Waals surface area contributed by atoms with Crippen LogP contribution in [0.1, 0.15) is 13.3 Å². The van der Waals surface area contributed by atoms with Gasteiger partial charge in [-0.3, -0.25) is 4.90 Å². The average molecular weight is 115 g/mol. The van der Waals surface area contributed by atoms with Gasteiger partial charge >= 0.3 is 0 Å². The van der Waals surface area contributed by atoms with Crippen molar-refractivity contribution in [3.05, 3.63) is 0 Å². The van der Waals surface area contributed by atoms with Crippen molar-refractivity contribution in [1.82, 2.24) is 4.90 Å². The van der Waals surface area contributed by atoms with Crippen LogP contribution in [0.5, 0.6) is 0 Å². The zero-order valence-corrected chi connectivity index (χ0v) is 5.77. The van der Waals surface area contributed by atoms with Gasteiger partial charge in [0.1, 0.15) is 5.72 Å². The molecule has 1 atom stereocenters. The Bertz CT molecular complexity index is 90.5. The minimum absolute atomic E-state index is 0.0556. The minimum Gasteiger partial charge on any atom is -0.364 e. The predicted octanol–water partition coefficient (Wildman–Crippen LogP) is 0.684. The number of methoxy groups -OCH3 is 1. The molecule has 0 bridgehead atoms. The largest absolute Gasteiger partial charge is 0.364 e. The highest BCUT2D eigenvalue weighted by Crippen LogP contribution is 2.27. The zero-order chi connectivity index (χ0) is 6.20. The molecule has 0 amide bonds. The van der Waals surface area contributed by atoms with E-state index in [0.29, 0.717) is 0 Å². The van der Waals surface area contributed by atoms with E-state index in [4.69, 9.17) is 4.74 Å². The van der Waals surface area contributed by atoms with Crippen LogP contribution in [0.4, 0.5) is 0 Å². The van der Waals surface area contributed by atoms with Crippen molar-refractivity contribution in [2.45, 2.75) is 19.1 Å². The van der Waals surface area contributed by atoms with Crippen molar-refractivity contribution in [2.75, 3.05) is 20.7 Å². The lowest BCUT2D eigenvalue weighted by Gasteiger charge is -2.46. The standard InChI is InChI=1S/C6H13NO/c1-6(8-3)4-5-7(6)2/h4-5H2,1-3H3. The van der Waals surface area contributed by atoms with Gasteiger partial charge in [0.15, 0.2) is 0 Å². The Kier molecular flexibility index (Phi) is 1.29. The van der Waals surface area contributed by atoms with E-state index in [9.17, 15) is 0 Å². The van der Waals surface area contributed by atoms with Gasteiger partial charge in [0.25, 0.3) is 0 Å². The number of rotatable bonds is 1. The number of hydrogen-bond acceptors (Lipinski definition) is 2. The fourth-order valence-electron chi connectivity index (χ4n) is 0.908. The second-order valence-corrected chi connectivity index (χ2v) is 2.55. The minimum atomic E-state index is 0.0556. The van der Waals surface area contributed by atoms with E-state index in [2.05, 4.69) is 18.9 Å². The third kappa shape index (κ3) is 0.644. The van der Waals surface area contributed by atoms with E-state index in [1.54, 1.807) is 7.11 Å². The van der Waals surface area contributed by atoms with E-state index in [0.717, 1.165) is 0 Å². The molecule has 1 unspecified atom stereocenters. The molecule has 48 valence electrons. The Morgan fingerprint density at radius 3 is 2.25 bits per heavy atom. The number of ether oxygens (including phenoxy) is 1. The summed E-state index contributed by atoms with van der Waals surface area (Å²) in [6.07, 6.45) is 1.17. The summed E-state index contributed by atoms with van der Waals surface area (Å²) in [4.78, 5) is 2.20. The first kappa shape index (κ1) is 6.05. The van der Waals surface area contributed by atoms with Crippen molar-refractivity contribution in [3.63, 3.8) is 0 Å². The van der Waals surface area contributed by atoms with Gasteiger partial charge < -0.3 is 4.74 Å². The molecule has 2 heteroatoms. The lowest BCUT2D eigenvalue weighted by atomic mass is 10.0. The summed E-state index contributed by atoms with van der Waals surface area (Å²) in [5.74, 6) is 0. The maximum Gasteiger partial charge on any atom is 0.119 e. The Labute approximate surface area is 50.4 Å². The Hall–Kier alpha value is -0.0800. The van der Waals surface area contributed by atoms with Crippen LogP contribution in [0.2, 0.25) is 0 Å². The topological polar surface area (TPSA) is 12.5 Å². The normalized spacial score (nSPS) is 39.4. The molecule has 1 aliphatic heterocycles. The lowest BCUT2D eigenvalue weighted by molar-refractivity contribution is -0.176. The van der Waals surface area contributed by atoms with Gasteiger partial charge in [-0.25, -0.2) is 0 Å². The fourth-order valence-corrected chi connectivity index (χ4v) is 0.908. The molecule has 1 saturated heterocycles. The maximum absolute atomic E-state index is 5.21. The smallest absolute Gasteiger partial charge is 0.119 e. The summed E-state index contributed by atoms with van der Waals surface area (Å²) < 4.78 is 5.21. The first-order valence-corrected chi connectivity index (χ1v) is 2.95. The van der Waals surface area contributed by atoms with Crippen LogP contribution < -0.4 is 0 Å². The average Bonchev–Trinajstić information content (AvgIpc) is 1.83. The lowest BCUT2D eigenvalue weighted by Crippen LogP contribution is -2.56. The molecule has 0 aromatic heterocycles. The monoisotopic (exact) mass is 115 g/mol. The summed E-state index contributed by atoms with van der Waals surface area (Å²) in [5.41, 5.74) is 0.0556. The van der Waals surface area contributed by atoms with Gasteiger partial charge in [-0.2, -0.15) is 0 Å². The molecule has 0 spiro atoms. The molecule has 8 heavy (non-hydrogen) atoms. The summed E-state index contributed by atoms with van der Waals surface area (Å²) in [6, 6.07) is 0. The second kappa shape index (κ2) is 1.71. The van der Waals surface area contributed by atoms with Crippen LogP contribution in [0.25, 0.3) is 0 Å². The molecule has 1 aliphatic rings. The second-order valence-electron chi connectivity index (χ2n) is 2.55. The van der Waals surface area contributed by atoms with E-state index >= 15 is 0 Å². The fraction of sp³-hybridized carbons (Fsp3) is 1.00. The van der Waals surface area contributed by atoms with Gasteiger partial charge in [-0.05, 0) is 14.0 Å². The molecule has 2 nitrogen and oxygen atoms in total. The maximum atomic E-state index is 5.21. The first-order valence-electron chi connectivity index (χ1n) is 2.95. The number of likely N-dealkylation sites (tertiary alicyclic amines) is 1. The van der Waals surface area contributed by atoms with Crippen molar-refractivity contribution >= 4 is 0 Å². The van der Waals surface area contributed by atoms with Gasteiger partial charge in [-0.1, -0.05) is 0 Å². The summed E-state index contributed by atoms with van der Waals surface area (Å²) in [5, 5.41) is 0. The predicted molar refractivity (Wildman–Crippen MR) is 32.7 cm³/mol. The van der Waals surface area contributed by atoms with Crippen LogP contribution in [-0.2, 0) is 4.74 Å². The molecule has 1 rings (SSSR count). The Morgan fingerprint density at radius 1 is 1.62 bits per heavy atom. The van der Waals surface area contributed by atoms with Crippen molar-refractivity contribution in [2.24, 2.45) is 0 Å². The highest BCUT2D eigenvalue weighted by Gasteiger charge is 2.37. The van der Waals surface area contributed by atoms with Gasteiger partial charge in [0.05, 0.1) is 0 Å². The molecular formula is C6H13NO. The molecule has 0 aromatic carbocycles. The third-order valence-electron chi connectivity index (χ3n) is 2.16. The van der Waals surface area contributed by atoms with E-state index < -0.39 is 0 Å². The Balaban J connectivity index is 2.42. The molecular weight excluding hydrogens is 102 g/mol. The quantitative estimate of drug-likeness (QED) is 0.498. The van der Waals surface area contributed by atoms with Crippen LogP contribution in [0, 0.1) is 0 Å². The molecule has 0 aromatic rings. The van der Waals surface area contributed by atoms with E-state index in [1.165, 1.54) is 13.0 Å². The Morgan fingerprint density at radius 2 is 2.25 bits per heavy atom. The highest BCUT2D eigenvalue weighted by atomic mass is 16.5. The van der Waals surface area contributed by atoms with Gasteiger partial charge in [0.2, 0.25) is 0 Å². The van der Waals surface area contributed by atoms with Crippen LogP contribution in [-0.4, -0.2) is 31.3 Å². The van der Waals surface area contributed by atoms with E-state index in [1.807, 2.05) is 0 Å². The number of nitrogens with zero attached hydrogens (tertiary/aromatic N) is 1. The third-order valence-corrected chi connectivity index (χ3v) is 2.16. The van der Waals surface area contributed by atoms with Crippen molar-refractivity contribution in [1.29, 1.82) is 0 Å². The van der Waals surface area contributed by atoms with Crippen molar-refractivity contribution < 1.29 is 4.74 Å². The molecule has 0 aliphatic carbocycles. The van der Waals surface area contributed by atoms with Crippen LogP contribution in [0.15, 0.2) is 0 Å². The number of hydrogen-bond donors (Lipinski definition) is 0. The first-order chi connectivity index (χ1) is 3.69. The zero-order valence-electron chi connectivity index (χ0n) is 5.77. The molecule has 0 radical (unpaired) electrons. The highest BCUT2D eigenvalue weighted by molar-refractivity contribution is 4.84. The summed E-state index contributed by atoms with van der Waals surface area (Å²) >= 11 is 0. The molecule has 0 saturated carbocycles. The van der Waals surface area contributed by atoms with Crippen molar-refractivity contribution in [3.8, 4) is 0 Å². The SMILES string of the molecule is COC1(C)CCN1C.